The normalized spacial score (nSPS) is 31.4. The molecule has 0 spiro atoms. The first-order valence-electron chi connectivity index (χ1n) is 5.22. The number of hydrogen-bond acceptors (Lipinski definition) is 3. The Morgan fingerprint density at radius 1 is 1.64 bits per heavy atom. The smallest absolute Gasteiger partial charge is 0.0920 e. The minimum atomic E-state index is 0.301. The fourth-order valence-corrected chi connectivity index (χ4v) is 3.14. The molecule has 0 amide bonds. The zero-order chi connectivity index (χ0) is 10.7. The van der Waals surface area contributed by atoms with Gasteiger partial charge in [-0.3, -0.25) is 10.3 Å². The number of amidine groups is 1. The van der Waals surface area contributed by atoms with Crippen LogP contribution in [0.3, 0.4) is 0 Å². The number of hydrogen-bond donors (Lipinski definition) is 2. The highest BCUT2D eigenvalue weighted by Crippen LogP contribution is 2.26. The van der Waals surface area contributed by atoms with Crippen molar-refractivity contribution in [3.63, 3.8) is 0 Å². The van der Waals surface area contributed by atoms with E-state index in [0.29, 0.717) is 29.6 Å². The number of nitrogens with one attached hydrogen (secondary N) is 1. The Morgan fingerprint density at radius 3 is 2.86 bits per heavy atom. The number of nitrogens with zero attached hydrogens (tertiary/aromatic N) is 1. The van der Waals surface area contributed by atoms with Crippen molar-refractivity contribution in [3.8, 4) is 0 Å². The number of rotatable bonds is 3. The highest BCUT2D eigenvalue weighted by atomic mass is 32.2. The number of nitrogens with two attached hydrogens (primary N) is 1. The summed E-state index contributed by atoms with van der Waals surface area (Å²) in [5, 5.41) is 8.00. The minimum absolute atomic E-state index is 0.301. The van der Waals surface area contributed by atoms with E-state index in [1.54, 1.807) is 0 Å². The highest BCUT2D eigenvalue weighted by Gasteiger charge is 2.28. The molecule has 0 radical (unpaired) electrons. The molecule has 1 aliphatic rings. The van der Waals surface area contributed by atoms with Gasteiger partial charge in [-0.2, -0.15) is 11.8 Å². The molecular weight excluding hydrogens is 194 g/mol. The van der Waals surface area contributed by atoms with Crippen LogP contribution >= 0.6 is 11.8 Å². The molecule has 3 N–H and O–H groups in total. The predicted molar refractivity (Wildman–Crippen MR) is 64.1 cm³/mol. The van der Waals surface area contributed by atoms with Crippen LogP contribution in [-0.4, -0.2) is 40.4 Å². The third-order valence-electron chi connectivity index (χ3n) is 3.01. The standard InChI is InChI=1S/C10H21N3S/c1-7(6-10(11)12)13-4-5-14-9(3)8(13)2/h7-9H,4-6H2,1-3H3,(H3,11,12). The Bertz CT molecular complexity index is 208. The van der Waals surface area contributed by atoms with Gasteiger partial charge in [-0.05, 0) is 13.8 Å². The van der Waals surface area contributed by atoms with Crippen molar-refractivity contribution in [3.05, 3.63) is 0 Å². The van der Waals surface area contributed by atoms with Crippen LogP contribution in [0.25, 0.3) is 0 Å². The van der Waals surface area contributed by atoms with E-state index in [1.807, 2.05) is 11.8 Å². The fraction of sp³-hybridized carbons (Fsp3) is 0.900. The average Bonchev–Trinajstić information content (AvgIpc) is 2.08. The molecule has 0 saturated carbocycles. The van der Waals surface area contributed by atoms with Gasteiger partial charge in [0.2, 0.25) is 0 Å². The maximum atomic E-state index is 7.31. The zero-order valence-corrected chi connectivity index (χ0v) is 10.1. The van der Waals surface area contributed by atoms with Gasteiger partial charge in [-0.1, -0.05) is 6.92 Å². The van der Waals surface area contributed by atoms with E-state index >= 15 is 0 Å². The molecule has 0 aromatic carbocycles. The lowest BCUT2D eigenvalue weighted by molar-refractivity contribution is 0.160. The molecule has 1 saturated heterocycles. The summed E-state index contributed by atoms with van der Waals surface area (Å²) in [4.78, 5) is 2.47. The monoisotopic (exact) mass is 215 g/mol. The molecule has 3 nitrogen and oxygen atoms in total. The van der Waals surface area contributed by atoms with Crippen molar-refractivity contribution in [1.82, 2.24) is 4.90 Å². The molecule has 1 heterocycles. The Hall–Kier alpha value is -0.220. The molecule has 0 aromatic rings. The second-order valence-electron chi connectivity index (χ2n) is 4.13. The number of thioether (sulfide) groups is 1. The maximum Gasteiger partial charge on any atom is 0.0920 e. The Balaban J connectivity index is 2.52. The van der Waals surface area contributed by atoms with Crippen molar-refractivity contribution >= 4 is 17.6 Å². The van der Waals surface area contributed by atoms with Crippen LogP contribution in [0.1, 0.15) is 27.2 Å². The first-order valence-corrected chi connectivity index (χ1v) is 6.27. The fourth-order valence-electron chi connectivity index (χ4n) is 2.01. The van der Waals surface area contributed by atoms with E-state index in [2.05, 4.69) is 25.7 Å². The second kappa shape index (κ2) is 5.03. The summed E-state index contributed by atoms with van der Waals surface area (Å²) in [6.45, 7) is 7.85. The Labute approximate surface area is 90.9 Å². The molecule has 82 valence electrons. The molecule has 0 bridgehead atoms. The second-order valence-corrected chi connectivity index (χ2v) is 5.62. The van der Waals surface area contributed by atoms with Crippen LogP contribution in [0, 0.1) is 5.41 Å². The van der Waals surface area contributed by atoms with E-state index in [0.717, 1.165) is 6.54 Å². The van der Waals surface area contributed by atoms with E-state index in [9.17, 15) is 0 Å². The van der Waals surface area contributed by atoms with Crippen molar-refractivity contribution in [2.75, 3.05) is 12.3 Å². The molecule has 3 unspecified atom stereocenters. The molecule has 1 rings (SSSR count). The van der Waals surface area contributed by atoms with Gasteiger partial charge < -0.3 is 5.73 Å². The summed E-state index contributed by atoms with van der Waals surface area (Å²) in [6, 6.07) is 1.01. The van der Waals surface area contributed by atoms with Crippen LogP contribution in [0.4, 0.5) is 0 Å². The van der Waals surface area contributed by atoms with Gasteiger partial charge in [0.25, 0.3) is 0 Å². The van der Waals surface area contributed by atoms with Gasteiger partial charge in [0.15, 0.2) is 0 Å². The molecular formula is C10H21N3S. The van der Waals surface area contributed by atoms with Gasteiger partial charge in [-0.15, -0.1) is 0 Å². The summed E-state index contributed by atoms with van der Waals surface area (Å²) in [7, 11) is 0. The SMILES string of the molecule is CC1SCCN(C(C)CC(=N)N)C1C. The van der Waals surface area contributed by atoms with E-state index in [-0.39, 0.29) is 0 Å². The zero-order valence-electron chi connectivity index (χ0n) is 9.29. The van der Waals surface area contributed by atoms with Crippen LogP contribution in [-0.2, 0) is 0 Å². The third-order valence-corrected chi connectivity index (χ3v) is 4.35. The van der Waals surface area contributed by atoms with Crippen LogP contribution < -0.4 is 5.73 Å². The lowest BCUT2D eigenvalue weighted by Crippen LogP contribution is -2.50. The minimum Gasteiger partial charge on any atom is -0.388 e. The summed E-state index contributed by atoms with van der Waals surface area (Å²) in [5.74, 6) is 1.50. The first kappa shape index (κ1) is 11.9. The topological polar surface area (TPSA) is 53.1 Å². The van der Waals surface area contributed by atoms with Gasteiger partial charge in [0.05, 0.1) is 5.84 Å². The average molecular weight is 215 g/mol. The van der Waals surface area contributed by atoms with Gasteiger partial charge >= 0.3 is 0 Å². The Kier molecular flexibility index (Phi) is 4.26. The van der Waals surface area contributed by atoms with Gasteiger partial charge in [0.1, 0.15) is 0 Å². The lowest BCUT2D eigenvalue weighted by atomic mass is 10.1. The Morgan fingerprint density at radius 2 is 2.29 bits per heavy atom. The van der Waals surface area contributed by atoms with Gasteiger partial charge in [-0.25, -0.2) is 0 Å². The summed E-state index contributed by atoms with van der Waals surface area (Å²) < 4.78 is 0. The van der Waals surface area contributed by atoms with Crippen LogP contribution in [0.15, 0.2) is 0 Å². The predicted octanol–water partition coefficient (Wildman–Crippen LogP) is 1.53. The lowest BCUT2D eigenvalue weighted by Gasteiger charge is -2.41. The molecule has 0 aliphatic carbocycles. The first-order chi connectivity index (χ1) is 6.52. The summed E-state index contributed by atoms with van der Waals surface area (Å²) >= 11 is 2.04. The molecule has 1 aliphatic heterocycles. The van der Waals surface area contributed by atoms with E-state index in [1.165, 1.54) is 5.75 Å². The van der Waals surface area contributed by atoms with E-state index in [4.69, 9.17) is 11.1 Å². The third kappa shape index (κ3) is 2.89. The van der Waals surface area contributed by atoms with Gasteiger partial charge in [0, 0.05) is 36.1 Å². The molecule has 0 aromatic heterocycles. The molecule has 3 atom stereocenters. The maximum absolute atomic E-state index is 7.31. The molecule has 14 heavy (non-hydrogen) atoms. The molecule has 4 heteroatoms. The van der Waals surface area contributed by atoms with Crippen molar-refractivity contribution in [2.24, 2.45) is 5.73 Å². The molecule has 1 fully saturated rings. The summed E-state index contributed by atoms with van der Waals surface area (Å²) in [6.07, 6.45) is 0.696. The van der Waals surface area contributed by atoms with Crippen LogP contribution in [0.5, 0.6) is 0 Å². The van der Waals surface area contributed by atoms with Crippen LogP contribution in [0.2, 0.25) is 0 Å². The van der Waals surface area contributed by atoms with E-state index < -0.39 is 0 Å². The summed E-state index contributed by atoms with van der Waals surface area (Å²) in [5.41, 5.74) is 5.43. The highest BCUT2D eigenvalue weighted by molar-refractivity contribution is 8.00. The van der Waals surface area contributed by atoms with Crippen molar-refractivity contribution < 1.29 is 0 Å². The van der Waals surface area contributed by atoms with Crippen molar-refractivity contribution in [1.29, 1.82) is 5.41 Å². The largest absolute Gasteiger partial charge is 0.388 e. The van der Waals surface area contributed by atoms with Crippen molar-refractivity contribution in [2.45, 2.75) is 44.5 Å². The quantitative estimate of drug-likeness (QED) is 0.554.